The minimum atomic E-state index is -0.305. The van der Waals surface area contributed by atoms with E-state index in [9.17, 15) is 9.50 Å². The summed E-state index contributed by atoms with van der Waals surface area (Å²) in [6.07, 6.45) is 8.54. The Balaban J connectivity index is 1.62. The summed E-state index contributed by atoms with van der Waals surface area (Å²) in [7, 11) is 0. The molecule has 0 saturated heterocycles. The van der Waals surface area contributed by atoms with Crippen molar-refractivity contribution in [3.63, 3.8) is 0 Å². The van der Waals surface area contributed by atoms with Gasteiger partial charge in [-0.25, -0.2) is 14.4 Å². The number of aliphatic hydroxyl groups excluding tert-OH is 1. The van der Waals surface area contributed by atoms with E-state index in [0.717, 1.165) is 43.9 Å². The van der Waals surface area contributed by atoms with Crippen molar-refractivity contribution in [2.45, 2.75) is 52.0 Å². The van der Waals surface area contributed by atoms with E-state index in [4.69, 9.17) is 9.73 Å². The van der Waals surface area contributed by atoms with Crippen LogP contribution in [0.4, 0.5) is 4.39 Å². The van der Waals surface area contributed by atoms with Crippen LogP contribution in [0.2, 0.25) is 0 Å². The highest BCUT2D eigenvalue weighted by atomic mass is 19.1. The maximum Gasteiger partial charge on any atom is 0.219 e. The van der Waals surface area contributed by atoms with Crippen LogP contribution in [0.15, 0.2) is 47.6 Å². The molecule has 3 rings (SSSR count). The van der Waals surface area contributed by atoms with Gasteiger partial charge in [0.25, 0.3) is 0 Å². The van der Waals surface area contributed by atoms with Crippen LogP contribution < -0.4 is 15.4 Å². The number of guanidine groups is 1. The maximum atomic E-state index is 13.1. The van der Waals surface area contributed by atoms with E-state index in [2.05, 4.69) is 15.6 Å². The third-order valence-corrected chi connectivity index (χ3v) is 5.79. The quantitative estimate of drug-likeness (QED) is 0.408. The number of aliphatic imine (C=N–C) groups is 1. The molecule has 1 aliphatic carbocycles. The Hall–Kier alpha value is -2.67. The zero-order valence-electron chi connectivity index (χ0n) is 18.2. The number of nitrogens with zero attached hydrogens (tertiary/aromatic N) is 2. The zero-order valence-corrected chi connectivity index (χ0v) is 18.2. The number of ether oxygens (including phenoxy) is 1. The SMILES string of the molecule is CCNC(=NCc1ccnc(Oc2ccc(F)cc2)c1)NCC1(CCO)CCCCC1. The molecule has 0 radical (unpaired) electrons. The minimum absolute atomic E-state index is 0.149. The van der Waals surface area contributed by atoms with E-state index >= 15 is 0 Å². The molecule has 7 heteroatoms. The smallest absolute Gasteiger partial charge is 0.219 e. The number of aromatic nitrogens is 1. The van der Waals surface area contributed by atoms with Crippen molar-refractivity contribution in [3.05, 3.63) is 54.0 Å². The van der Waals surface area contributed by atoms with E-state index in [1.807, 2.05) is 19.1 Å². The second-order valence-electron chi connectivity index (χ2n) is 8.14. The summed E-state index contributed by atoms with van der Waals surface area (Å²) < 4.78 is 18.8. The molecule has 1 heterocycles. The number of benzene rings is 1. The van der Waals surface area contributed by atoms with Gasteiger partial charge < -0.3 is 20.5 Å². The maximum absolute atomic E-state index is 13.1. The first-order valence-electron chi connectivity index (χ1n) is 11.1. The van der Waals surface area contributed by atoms with E-state index in [0.29, 0.717) is 18.2 Å². The topological polar surface area (TPSA) is 78.8 Å². The molecule has 3 N–H and O–H groups in total. The Morgan fingerprint density at radius 2 is 1.94 bits per heavy atom. The lowest BCUT2D eigenvalue weighted by Gasteiger charge is -2.37. The van der Waals surface area contributed by atoms with Crippen molar-refractivity contribution >= 4 is 5.96 Å². The van der Waals surface area contributed by atoms with Gasteiger partial charge in [0.1, 0.15) is 11.6 Å². The van der Waals surface area contributed by atoms with E-state index in [1.165, 1.54) is 31.4 Å². The van der Waals surface area contributed by atoms with Gasteiger partial charge in [-0.3, -0.25) is 0 Å². The van der Waals surface area contributed by atoms with Gasteiger partial charge in [0.05, 0.1) is 6.54 Å². The van der Waals surface area contributed by atoms with Crippen molar-refractivity contribution in [2.75, 3.05) is 19.7 Å². The van der Waals surface area contributed by atoms with Gasteiger partial charge in [-0.05, 0) is 67.5 Å². The van der Waals surface area contributed by atoms with Crippen molar-refractivity contribution < 1.29 is 14.2 Å². The van der Waals surface area contributed by atoms with Crippen LogP contribution in [-0.4, -0.2) is 35.7 Å². The monoisotopic (exact) mass is 428 g/mol. The first-order chi connectivity index (χ1) is 15.1. The molecular weight excluding hydrogens is 395 g/mol. The number of pyridine rings is 1. The Labute approximate surface area is 184 Å². The Bertz CT molecular complexity index is 830. The summed E-state index contributed by atoms with van der Waals surface area (Å²) in [5, 5.41) is 16.3. The highest BCUT2D eigenvalue weighted by Crippen LogP contribution is 2.38. The number of halogens is 1. The molecule has 0 atom stereocenters. The lowest BCUT2D eigenvalue weighted by atomic mass is 9.72. The molecule has 168 valence electrons. The van der Waals surface area contributed by atoms with Crippen LogP contribution in [-0.2, 0) is 6.54 Å². The number of nitrogens with one attached hydrogen (secondary N) is 2. The van der Waals surface area contributed by atoms with E-state index in [1.54, 1.807) is 18.3 Å². The largest absolute Gasteiger partial charge is 0.439 e. The molecule has 31 heavy (non-hydrogen) atoms. The summed E-state index contributed by atoms with van der Waals surface area (Å²) in [4.78, 5) is 8.95. The minimum Gasteiger partial charge on any atom is -0.439 e. The highest BCUT2D eigenvalue weighted by molar-refractivity contribution is 5.79. The lowest BCUT2D eigenvalue weighted by Crippen LogP contribution is -2.44. The highest BCUT2D eigenvalue weighted by Gasteiger charge is 2.31. The fourth-order valence-corrected chi connectivity index (χ4v) is 4.07. The molecule has 1 aromatic heterocycles. The van der Waals surface area contributed by atoms with Crippen LogP contribution in [0.1, 0.15) is 51.0 Å². The Morgan fingerprint density at radius 3 is 2.65 bits per heavy atom. The molecule has 2 aromatic rings. The predicted octanol–water partition coefficient (Wildman–Crippen LogP) is 4.40. The van der Waals surface area contributed by atoms with Gasteiger partial charge in [0.15, 0.2) is 5.96 Å². The van der Waals surface area contributed by atoms with Gasteiger partial charge >= 0.3 is 0 Å². The molecular formula is C24H33FN4O2. The number of rotatable bonds is 9. The predicted molar refractivity (Wildman–Crippen MR) is 121 cm³/mol. The molecule has 1 fully saturated rings. The zero-order chi connectivity index (χ0) is 21.9. The summed E-state index contributed by atoms with van der Waals surface area (Å²) in [5.74, 6) is 1.44. The average Bonchev–Trinajstić information content (AvgIpc) is 2.78. The second kappa shape index (κ2) is 11.6. The van der Waals surface area contributed by atoms with Crippen LogP contribution in [0, 0.1) is 11.2 Å². The van der Waals surface area contributed by atoms with Crippen molar-refractivity contribution in [2.24, 2.45) is 10.4 Å². The normalized spacial score (nSPS) is 16.0. The fraction of sp³-hybridized carbons (Fsp3) is 0.500. The molecule has 1 aromatic carbocycles. The van der Waals surface area contributed by atoms with Crippen molar-refractivity contribution in [3.8, 4) is 11.6 Å². The molecule has 1 aliphatic rings. The van der Waals surface area contributed by atoms with Crippen LogP contribution in [0.25, 0.3) is 0 Å². The molecule has 6 nitrogen and oxygen atoms in total. The first-order valence-corrected chi connectivity index (χ1v) is 11.1. The second-order valence-corrected chi connectivity index (χ2v) is 8.14. The van der Waals surface area contributed by atoms with Gasteiger partial charge in [-0.1, -0.05) is 19.3 Å². The molecule has 0 aliphatic heterocycles. The van der Waals surface area contributed by atoms with Crippen LogP contribution >= 0.6 is 0 Å². The summed E-state index contributed by atoms with van der Waals surface area (Å²) >= 11 is 0. The molecule has 1 saturated carbocycles. The standard InChI is InChI=1S/C24H33FN4O2/c1-2-26-23(29-18-24(13-15-30)11-4-3-5-12-24)28-17-19-10-14-27-22(16-19)31-21-8-6-20(25)7-9-21/h6-10,14,16,30H,2-5,11-13,15,17-18H2,1H3,(H2,26,28,29). The molecule has 0 unspecified atom stereocenters. The molecule has 0 spiro atoms. The Kier molecular flexibility index (Phi) is 8.64. The van der Waals surface area contributed by atoms with Crippen LogP contribution in [0.5, 0.6) is 11.6 Å². The first kappa shape index (κ1) is 23.0. The Morgan fingerprint density at radius 1 is 1.16 bits per heavy atom. The number of hydrogen-bond donors (Lipinski definition) is 3. The van der Waals surface area contributed by atoms with E-state index < -0.39 is 0 Å². The molecule has 0 bridgehead atoms. The third kappa shape index (κ3) is 7.21. The van der Waals surface area contributed by atoms with Crippen molar-refractivity contribution in [1.82, 2.24) is 15.6 Å². The third-order valence-electron chi connectivity index (χ3n) is 5.79. The summed E-state index contributed by atoms with van der Waals surface area (Å²) in [5.41, 5.74) is 1.11. The van der Waals surface area contributed by atoms with E-state index in [-0.39, 0.29) is 17.8 Å². The van der Waals surface area contributed by atoms with Crippen LogP contribution in [0.3, 0.4) is 0 Å². The summed E-state index contributed by atoms with van der Waals surface area (Å²) in [6, 6.07) is 9.59. The average molecular weight is 429 g/mol. The number of aliphatic hydroxyl groups is 1. The summed E-state index contributed by atoms with van der Waals surface area (Å²) in [6.45, 7) is 4.33. The van der Waals surface area contributed by atoms with Gasteiger partial charge in [-0.15, -0.1) is 0 Å². The van der Waals surface area contributed by atoms with Gasteiger partial charge in [-0.2, -0.15) is 0 Å². The fourth-order valence-electron chi connectivity index (χ4n) is 4.07. The molecule has 0 amide bonds. The van der Waals surface area contributed by atoms with Crippen molar-refractivity contribution in [1.29, 1.82) is 0 Å². The number of hydrogen-bond acceptors (Lipinski definition) is 4. The van der Waals surface area contributed by atoms with Gasteiger partial charge in [0, 0.05) is 32.0 Å². The lowest BCUT2D eigenvalue weighted by molar-refractivity contribution is 0.131. The van der Waals surface area contributed by atoms with Gasteiger partial charge in [0.2, 0.25) is 5.88 Å².